The van der Waals surface area contributed by atoms with Crippen molar-refractivity contribution in [2.45, 2.75) is 4.90 Å². The van der Waals surface area contributed by atoms with Gasteiger partial charge in [0.25, 0.3) is 0 Å². The van der Waals surface area contributed by atoms with E-state index >= 15 is 0 Å². The highest BCUT2D eigenvalue weighted by molar-refractivity contribution is 7.99. The first kappa shape index (κ1) is 11.0. The van der Waals surface area contributed by atoms with Crippen LogP contribution in [-0.4, -0.2) is 17.5 Å². The number of benzene rings is 1. The Morgan fingerprint density at radius 1 is 1.31 bits per heavy atom. The molecule has 0 unspecified atom stereocenters. The zero-order valence-electron chi connectivity index (χ0n) is 6.76. The maximum atomic E-state index is 8.62. The minimum Gasteiger partial charge on any atom is -0.398 e. The Hall–Kier alpha value is -0.0900. The third-order valence-corrected chi connectivity index (χ3v) is 3.17. The molecule has 0 heterocycles. The van der Waals surface area contributed by atoms with Crippen molar-refractivity contribution in [3.8, 4) is 0 Å². The summed E-state index contributed by atoms with van der Waals surface area (Å²) >= 11 is 13.0. The zero-order chi connectivity index (χ0) is 9.84. The van der Waals surface area contributed by atoms with Gasteiger partial charge >= 0.3 is 0 Å². The van der Waals surface area contributed by atoms with Gasteiger partial charge in [0.2, 0.25) is 0 Å². The topological polar surface area (TPSA) is 46.2 Å². The van der Waals surface area contributed by atoms with Crippen LogP contribution < -0.4 is 5.73 Å². The second kappa shape index (κ2) is 4.96. The van der Waals surface area contributed by atoms with E-state index in [2.05, 4.69) is 0 Å². The van der Waals surface area contributed by atoms with Gasteiger partial charge in [-0.15, -0.1) is 11.8 Å². The lowest BCUT2D eigenvalue weighted by Gasteiger charge is -2.05. The van der Waals surface area contributed by atoms with Crippen LogP contribution in [0.3, 0.4) is 0 Å². The number of halogens is 2. The number of thioether (sulfide) groups is 1. The number of nitrogen functional groups attached to an aromatic ring is 1. The van der Waals surface area contributed by atoms with E-state index in [9.17, 15) is 0 Å². The number of rotatable bonds is 3. The fourth-order valence-electron chi connectivity index (χ4n) is 0.825. The van der Waals surface area contributed by atoms with Gasteiger partial charge in [0.15, 0.2) is 0 Å². The molecule has 1 aromatic carbocycles. The molecule has 5 heteroatoms. The van der Waals surface area contributed by atoms with E-state index in [0.29, 0.717) is 21.5 Å². The second-order valence-corrected chi connectivity index (χ2v) is 4.33. The first-order valence-electron chi connectivity index (χ1n) is 3.63. The lowest BCUT2D eigenvalue weighted by molar-refractivity contribution is 0.322. The standard InChI is InChI=1S/C8H9Cl2NOS/c9-5-3-7(11)8(4-6(5)10)13-2-1-12/h3-4,12H,1-2,11H2. The van der Waals surface area contributed by atoms with E-state index in [1.54, 1.807) is 12.1 Å². The van der Waals surface area contributed by atoms with Gasteiger partial charge in [-0.1, -0.05) is 23.2 Å². The summed E-state index contributed by atoms with van der Waals surface area (Å²) in [5.74, 6) is 0.599. The Balaban J connectivity index is 2.88. The molecule has 1 aromatic rings. The maximum Gasteiger partial charge on any atom is 0.0613 e. The molecule has 0 aliphatic rings. The zero-order valence-corrected chi connectivity index (χ0v) is 9.09. The number of hydrogen-bond donors (Lipinski definition) is 2. The van der Waals surface area contributed by atoms with Gasteiger partial charge < -0.3 is 10.8 Å². The second-order valence-electron chi connectivity index (χ2n) is 2.38. The van der Waals surface area contributed by atoms with Gasteiger partial charge in [0.1, 0.15) is 0 Å². The molecule has 0 radical (unpaired) electrons. The van der Waals surface area contributed by atoms with E-state index in [0.717, 1.165) is 4.90 Å². The number of nitrogens with two attached hydrogens (primary N) is 1. The number of hydrogen-bond acceptors (Lipinski definition) is 3. The minimum atomic E-state index is 0.115. The molecule has 0 bridgehead atoms. The highest BCUT2D eigenvalue weighted by Crippen LogP contribution is 2.33. The Labute approximate surface area is 91.0 Å². The molecule has 3 N–H and O–H groups in total. The molecular formula is C8H9Cl2NOS. The van der Waals surface area contributed by atoms with Gasteiger partial charge in [0.05, 0.1) is 16.7 Å². The number of aliphatic hydroxyl groups is 1. The van der Waals surface area contributed by atoms with Crippen molar-refractivity contribution in [2.24, 2.45) is 0 Å². The van der Waals surface area contributed by atoms with E-state index in [1.807, 2.05) is 0 Å². The van der Waals surface area contributed by atoms with Crippen LogP contribution in [0.25, 0.3) is 0 Å². The Kier molecular flexibility index (Phi) is 4.19. The summed E-state index contributed by atoms with van der Waals surface area (Å²) in [5, 5.41) is 9.56. The molecule has 0 fully saturated rings. The number of anilines is 1. The van der Waals surface area contributed by atoms with Crippen LogP contribution in [0.2, 0.25) is 10.0 Å². The summed E-state index contributed by atoms with van der Waals surface area (Å²) in [7, 11) is 0. The van der Waals surface area contributed by atoms with E-state index < -0.39 is 0 Å². The van der Waals surface area contributed by atoms with Crippen LogP contribution >= 0.6 is 35.0 Å². The summed E-state index contributed by atoms with van der Waals surface area (Å²) in [4.78, 5) is 0.850. The summed E-state index contributed by atoms with van der Waals surface area (Å²) < 4.78 is 0. The molecule has 72 valence electrons. The predicted molar refractivity (Wildman–Crippen MR) is 58.7 cm³/mol. The molecule has 0 aliphatic heterocycles. The van der Waals surface area contributed by atoms with Crippen LogP contribution in [0.4, 0.5) is 5.69 Å². The van der Waals surface area contributed by atoms with Crippen molar-refractivity contribution in [2.75, 3.05) is 18.1 Å². The van der Waals surface area contributed by atoms with Crippen molar-refractivity contribution in [3.63, 3.8) is 0 Å². The molecule has 0 spiro atoms. The molecular weight excluding hydrogens is 229 g/mol. The highest BCUT2D eigenvalue weighted by atomic mass is 35.5. The average Bonchev–Trinajstić information content (AvgIpc) is 2.09. The van der Waals surface area contributed by atoms with Crippen molar-refractivity contribution in [3.05, 3.63) is 22.2 Å². The lowest BCUT2D eigenvalue weighted by atomic mass is 10.3. The third kappa shape index (κ3) is 2.95. The third-order valence-electron chi connectivity index (χ3n) is 1.40. The van der Waals surface area contributed by atoms with Crippen LogP contribution in [0, 0.1) is 0 Å². The fourth-order valence-corrected chi connectivity index (χ4v) is 1.96. The largest absolute Gasteiger partial charge is 0.398 e. The van der Waals surface area contributed by atoms with Crippen LogP contribution in [0.1, 0.15) is 0 Å². The summed E-state index contributed by atoms with van der Waals surface area (Å²) in [6, 6.07) is 3.32. The molecule has 0 amide bonds. The molecule has 0 saturated heterocycles. The van der Waals surface area contributed by atoms with Gasteiger partial charge in [-0.2, -0.15) is 0 Å². The Morgan fingerprint density at radius 2 is 1.92 bits per heavy atom. The van der Waals surface area contributed by atoms with Crippen molar-refractivity contribution < 1.29 is 5.11 Å². The van der Waals surface area contributed by atoms with Crippen LogP contribution in [0.15, 0.2) is 17.0 Å². The van der Waals surface area contributed by atoms with Gasteiger partial charge in [-0.05, 0) is 12.1 Å². The molecule has 0 saturated carbocycles. The van der Waals surface area contributed by atoms with Crippen molar-refractivity contribution >= 4 is 40.7 Å². The Morgan fingerprint density at radius 3 is 2.54 bits per heavy atom. The summed E-state index contributed by atoms with van der Waals surface area (Å²) in [6.45, 7) is 0.115. The van der Waals surface area contributed by atoms with Crippen molar-refractivity contribution in [1.29, 1.82) is 0 Å². The predicted octanol–water partition coefficient (Wildman–Crippen LogP) is 2.66. The maximum absolute atomic E-state index is 8.62. The SMILES string of the molecule is Nc1cc(Cl)c(Cl)cc1SCCO. The summed E-state index contributed by atoms with van der Waals surface area (Å²) in [5.41, 5.74) is 6.28. The van der Waals surface area contributed by atoms with Gasteiger partial charge in [-0.3, -0.25) is 0 Å². The van der Waals surface area contributed by atoms with Gasteiger partial charge in [-0.25, -0.2) is 0 Å². The van der Waals surface area contributed by atoms with E-state index in [-0.39, 0.29) is 6.61 Å². The molecule has 0 aromatic heterocycles. The lowest BCUT2D eigenvalue weighted by Crippen LogP contribution is -1.92. The smallest absolute Gasteiger partial charge is 0.0613 e. The first-order chi connectivity index (χ1) is 6.15. The summed E-state index contributed by atoms with van der Waals surface area (Å²) in [6.07, 6.45) is 0. The van der Waals surface area contributed by atoms with Gasteiger partial charge in [0, 0.05) is 16.3 Å². The average molecular weight is 238 g/mol. The Bertz CT molecular complexity index is 306. The molecule has 0 atom stereocenters. The quantitative estimate of drug-likeness (QED) is 0.628. The molecule has 13 heavy (non-hydrogen) atoms. The van der Waals surface area contributed by atoms with Crippen molar-refractivity contribution in [1.82, 2.24) is 0 Å². The van der Waals surface area contributed by atoms with E-state index in [4.69, 9.17) is 34.0 Å². The number of aliphatic hydroxyl groups excluding tert-OH is 1. The normalized spacial score (nSPS) is 10.4. The molecule has 0 aliphatic carbocycles. The fraction of sp³-hybridized carbons (Fsp3) is 0.250. The minimum absolute atomic E-state index is 0.115. The van der Waals surface area contributed by atoms with Crippen LogP contribution in [0.5, 0.6) is 0 Å². The monoisotopic (exact) mass is 237 g/mol. The van der Waals surface area contributed by atoms with Crippen LogP contribution in [-0.2, 0) is 0 Å². The highest BCUT2D eigenvalue weighted by Gasteiger charge is 2.04. The molecule has 2 nitrogen and oxygen atoms in total. The first-order valence-corrected chi connectivity index (χ1v) is 5.37. The molecule has 1 rings (SSSR count). The van der Waals surface area contributed by atoms with E-state index in [1.165, 1.54) is 11.8 Å².